The van der Waals surface area contributed by atoms with Gasteiger partial charge in [0, 0.05) is 12.6 Å². The molecule has 100 valence electrons. The number of nitrogens with one attached hydrogen (secondary N) is 1. The molecule has 18 heavy (non-hydrogen) atoms. The number of halogens is 2. The fourth-order valence-corrected chi connectivity index (χ4v) is 2.90. The summed E-state index contributed by atoms with van der Waals surface area (Å²) in [7, 11) is 0. The Hall–Kier alpha value is -0.600. The van der Waals surface area contributed by atoms with E-state index in [1.54, 1.807) is 6.07 Å². The van der Waals surface area contributed by atoms with Crippen LogP contribution in [0, 0.1) is 11.2 Å². The molecule has 1 saturated carbocycles. The zero-order chi connectivity index (χ0) is 13.2. The van der Waals surface area contributed by atoms with Gasteiger partial charge in [-0.1, -0.05) is 37.9 Å². The molecule has 0 amide bonds. The van der Waals surface area contributed by atoms with Gasteiger partial charge in [0.15, 0.2) is 0 Å². The van der Waals surface area contributed by atoms with E-state index >= 15 is 0 Å². The third-order valence-electron chi connectivity index (χ3n) is 3.78. The second kappa shape index (κ2) is 5.58. The molecule has 3 heteroatoms. The zero-order valence-corrected chi connectivity index (χ0v) is 11.9. The highest BCUT2D eigenvalue weighted by molar-refractivity contribution is 6.30. The van der Waals surface area contributed by atoms with Gasteiger partial charge in [0.1, 0.15) is 5.82 Å². The van der Waals surface area contributed by atoms with E-state index < -0.39 is 0 Å². The first-order chi connectivity index (χ1) is 8.46. The van der Waals surface area contributed by atoms with Crippen LogP contribution in [0.5, 0.6) is 0 Å². The molecule has 1 N–H and O–H groups in total. The van der Waals surface area contributed by atoms with E-state index in [0.29, 0.717) is 11.5 Å². The predicted octanol–water partition coefficient (Wildman–Crippen LogP) is 4.54. The van der Waals surface area contributed by atoms with E-state index in [1.807, 2.05) is 6.07 Å². The molecule has 0 spiro atoms. The Labute approximate surface area is 114 Å². The van der Waals surface area contributed by atoms with E-state index in [2.05, 4.69) is 19.2 Å². The molecule has 1 unspecified atom stereocenters. The Morgan fingerprint density at radius 3 is 2.89 bits per heavy atom. The molecule has 0 radical (unpaired) electrons. The molecular weight excluding hydrogens is 249 g/mol. The Kier molecular flexibility index (Phi) is 4.29. The van der Waals surface area contributed by atoms with Crippen molar-refractivity contribution in [3.8, 4) is 0 Å². The standard InChI is InChI=1S/C15H21ClFN/c1-15(2)7-3-4-12(9-15)18-10-11-5-6-13(16)14(17)8-11/h5-6,8,12,18H,3-4,7,9-10H2,1-2H3. The van der Waals surface area contributed by atoms with E-state index in [4.69, 9.17) is 11.6 Å². The maximum absolute atomic E-state index is 13.3. The number of hydrogen-bond donors (Lipinski definition) is 1. The van der Waals surface area contributed by atoms with Crippen LogP contribution in [0.3, 0.4) is 0 Å². The first-order valence-corrected chi connectivity index (χ1v) is 7.01. The van der Waals surface area contributed by atoms with Gasteiger partial charge in [-0.2, -0.15) is 0 Å². The van der Waals surface area contributed by atoms with Crippen LogP contribution in [0.15, 0.2) is 18.2 Å². The molecule has 0 aromatic heterocycles. The Morgan fingerprint density at radius 1 is 1.44 bits per heavy atom. The van der Waals surface area contributed by atoms with Crippen molar-refractivity contribution in [3.05, 3.63) is 34.6 Å². The summed E-state index contributed by atoms with van der Waals surface area (Å²) in [5, 5.41) is 3.72. The third-order valence-corrected chi connectivity index (χ3v) is 4.09. The average Bonchev–Trinajstić information content (AvgIpc) is 2.29. The molecule has 1 atom stereocenters. The molecule has 0 aliphatic heterocycles. The second-order valence-electron chi connectivity index (χ2n) is 6.09. The molecular formula is C15H21ClFN. The van der Waals surface area contributed by atoms with Gasteiger partial charge in [-0.15, -0.1) is 0 Å². The van der Waals surface area contributed by atoms with Gasteiger partial charge < -0.3 is 5.32 Å². The van der Waals surface area contributed by atoms with Gasteiger partial charge >= 0.3 is 0 Å². The van der Waals surface area contributed by atoms with Crippen molar-refractivity contribution in [3.63, 3.8) is 0 Å². The minimum Gasteiger partial charge on any atom is -0.310 e. The van der Waals surface area contributed by atoms with Crippen molar-refractivity contribution in [2.75, 3.05) is 0 Å². The second-order valence-corrected chi connectivity index (χ2v) is 6.49. The Morgan fingerprint density at radius 2 is 2.22 bits per heavy atom. The lowest BCUT2D eigenvalue weighted by Gasteiger charge is -2.35. The van der Waals surface area contributed by atoms with Crippen molar-refractivity contribution in [1.29, 1.82) is 0 Å². The van der Waals surface area contributed by atoms with Crippen LogP contribution in [0.25, 0.3) is 0 Å². The summed E-state index contributed by atoms with van der Waals surface area (Å²) in [5.41, 5.74) is 1.39. The van der Waals surface area contributed by atoms with Crippen LogP contribution < -0.4 is 5.32 Å². The minimum atomic E-state index is -0.333. The maximum Gasteiger partial charge on any atom is 0.142 e. The lowest BCUT2D eigenvalue weighted by Crippen LogP contribution is -2.36. The molecule has 1 aromatic rings. The molecule has 1 aliphatic carbocycles. The number of hydrogen-bond acceptors (Lipinski definition) is 1. The largest absolute Gasteiger partial charge is 0.310 e. The molecule has 1 aromatic carbocycles. The highest BCUT2D eigenvalue weighted by atomic mass is 35.5. The van der Waals surface area contributed by atoms with Gasteiger partial charge in [0.2, 0.25) is 0 Å². The smallest absolute Gasteiger partial charge is 0.142 e. The first-order valence-electron chi connectivity index (χ1n) is 6.64. The van der Waals surface area contributed by atoms with Crippen molar-refractivity contribution >= 4 is 11.6 Å². The van der Waals surface area contributed by atoms with Crippen LogP contribution in [0.2, 0.25) is 5.02 Å². The molecule has 1 fully saturated rings. The van der Waals surface area contributed by atoms with E-state index in [-0.39, 0.29) is 10.8 Å². The van der Waals surface area contributed by atoms with Gasteiger partial charge in [0.05, 0.1) is 5.02 Å². The lowest BCUT2D eigenvalue weighted by atomic mass is 9.75. The summed E-state index contributed by atoms with van der Waals surface area (Å²) in [6.45, 7) is 5.36. The van der Waals surface area contributed by atoms with E-state index in [9.17, 15) is 4.39 Å². The van der Waals surface area contributed by atoms with Crippen molar-refractivity contribution < 1.29 is 4.39 Å². The van der Waals surface area contributed by atoms with Crippen LogP contribution in [-0.4, -0.2) is 6.04 Å². The molecule has 0 bridgehead atoms. The maximum atomic E-state index is 13.3. The van der Waals surface area contributed by atoms with Gasteiger partial charge in [-0.3, -0.25) is 0 Å². The molecule has 2 rings (SSSR count). The average molecular weight is 270 g/mol. The number of rotatable bonds is 3. The van der Waals surface area contributed by atoms with E-state index in [1.165, 1.54) is 31.7 Å². The molecule has 0 saturated heterocycles. The summed E-state index contributed by atoms with van der Waals surface area (Å²) in [6, 6.07) is 5.57. The number of benzene rings is 1. The highest BCUT2D eigenvalue weighted by Crippen LogP contribution is 2.35. The fraction of sp³-hybridized carbons (Fsp3) is 0.600. The topological polar surface area (TPSA) is 12.0 Å². The Bertz CT molecular complexity index is 417. The van der Waals surface area contributed by atoms with Gasteiger partial charge in [0.25, 0.3) is 0 Å². The fourth-order valence-electron chi connectivity index (χ4n) is 2.78. The highest BCUT2D eigenvalue weighted by Gasteiger charge is 2.27. The summed E-state index contributed by atoms with van der Waals surface area (Å²) < 4.78 is 13.3. The molecule has 1 nitrogen and oxygen atoms in total. The monoisotopic (exact) mass is 269 g/mol. The molecule has 1 aliphatic rings. The van der Waals surface area contributed by atoms with Crippen LogP contribution in [0.4, 0.5) is 4.39 Å². The summed E-state index contributed by atoms with van der Waals surface area (Å²) in [4.78, 5) is 0. The predicted molar refractivity (Wildman–Crippen MR) is 74.3 cm³/mol. The lowest BCUT2D eigenvalue weighted by molar-refractivity contribution is 0.197. The quantitative estimate of drug-likeness (QED) is 0.850. The van der Waals surface area contributed by atoms with Crippen LogP contribution >= 0.6 is 11.6 Å². The Balaban J connectivity index is 1.89. The summed E-state index contributed by atoms with van der Waals surface area (Å²) in [6.07, 6.45) is 5.00. The van der Waals surface area contributed by atoms with Crippen molar-refractivity contribution in [2.45, 2.75) is 52.1 Å². The van der Waals surface area contributed by atoms with Crippen molar-refractivity contribution in [2.24, 2.45) is 5.41 Å². The first kappa shape index (κ1) is 13.8. The third kappa shape index (κ3) is 3.69. The van der Waals surface area contributed by atoms with Gasteiger partial charge in [-0.05, 0) is 42.4 Å². The van der Waals surface area contributed by atoms with Gasteiger partial charge in [-0.25, -0.2) is 4.39 Å². The summed E-state index contributed by atoms with van der Waals surface area (Å²) >= 11 is 5.67. The SMILES string of the molecule is CC1(C)CCCC(NCc2ccc(Cl)c(F)c2)C1. The summed E-state index contributed by atoms with van der Waals surface area (Å²) in [5.74, 6) is -0.333. The van der Waals surface area contributed by atoms with Crippen molar-refractivity contribution in [1.82, 2.24) is 5.32 Å². The van der Waals surface area contributed by atoms with Crippen LogP contribution in [-0.2, 0) is 6.54 Å². The molecule has 0 heterocycles. The van der Waals surface area contributed by atoms with Crippen LogP contribution in [0.1, 0.15) is 45.1 Å². The zero-order valence-electron chi connectivity index (χ0n) is 11.1. The van der Waals surface area contributed by atoms with E-state index in [0.717, 1.165) is 12.1 Å². The minimum absolute atomic E-state index is 0.192. The normalized spacial score (nSPS) is 23.0.